The highest BCUT2D eigenvalue weighted by Gasteiger charge is 2.50. The van der Waals surface area contributed by atoms with Crippen LogP contribution < -0.4 is 26.2 Å². The zero-order valence-corrected chi connectivity index (χ0v) is 27.2. The molecule has 3 aromatic carbocycles. The summed E-state index contributed by atoms with van der Waals surface area (Å²) in [5.41, 5.74) is 8.54. The summed E-state index contributed by atoms with van der Waals surface area (Å²) in [7, 11) is -3.02. The lowest BCUT2D eigenvalue weighted by atomic mass is 10.1. The molecule has 0 saturated carbocycles. The monoisotopic (exact) mass is 629 g/mol. The van der Waals surface area contributed by atoms with Crippen LogP contribution in [0.3, 0.4) is 0 Å². The van der Waals surface area contributed by atoms with Crippen molar-refractivity contribution in [3.63, 3.8) is 0 Å². The van der Waals surface area contributed by atoms with Gasteiger partial charge >= 0.3 is 0 Å². The summed E-state index contributed by atoms with van der Waals surface area (Å²) in [6, 6.07) is 23.5. The van der Waals surface area contributed by atoms with Crippen LogP contribution in [0, 0.1) is 13.8 Å². The van der Waals surface area contributed by atoms with Crippen LogP contribution in [0.4, 0.5) is 0 Å². The highest BCUT2D eigenvalue weighted by atomic mass is 32.1. The fourth-order valence-corrected chi connectivity index (χ4v) is 10.6. The van der Waals surface area contributed by atoms with Gasteiger partial charge in [0, 0.05) is 5.39 Å². The van der Waals surface area contributed by atoms with E-state index in [9.17, 15) is 9.59 Å². The van der Waals surface area contributed by atoms with Crippen molar-refractivity contribution in [3.8, 4) is 5.75 Å². The van der Waals surface area contributed by atoms with E-state index < -0.39 is 32.7 Å². The Morgan fingerprint density at radius 2 is 1.68 bits per heavy atom. The molecule has 0 bridgehead atoms. The molecule has 0 fully saturated rings. The Morgan fingerprint density at radius 3 is 2.23 bits per heavy atom. The molecule has 5 rings (SSSR count). The van der Waals surface area contributed by atoms with Gasteiger partial charge in [0.1, 0.15) is 29.7 Å². The van der Waals surface area contributed by atoms with Gasteiger partial charge in [-0.15, -0.1) is 11.3 Å². The molecule has 0 aliphatic heterocycles. The number of hydrogen-bond donors (Lipinski definition) is 2. The minimum atomic E-state index is -3.02. The van der Waals surface area contributed by atoms with Crippen molar-refractivity contribution >= 4 is 52.8 Å². The van der Waals surface area contributed by atoms with E-state index in [-0.39, 0.29) is 23.0 Å². The Bertz CT molecular complexity index is 1820. The highest BCUT2D eigenvalue weighted by molar-refractivity contribution is 7.09. The van der Waals surface area contributed by atoms with Gasteiger partial charge in [0.2, 0.25) is 5.91 Å². The summed E-state index contributed by atoms with van der Waals surface area (Å²) in [5, 5.41) is 4.89. The fourth-order valence-electron chi connectivity index (χ4n) is 5.45. The van der Waals surface area contributed by atoms with Gasteiger partial charge < -0.3 is 24.6 Å². The fraction of sp³-hybridized carbons (Fsp3) is 0.265. The smallest absolute Gasteiger partial charge is 0.261 e. The van der Waals surface area contributed by atoms with Crippen LogP contribution in [0.1, 0.15) is 50.2 Å². The Morgan fingerprint density at radius 1 is 1.05 bits per heavy atom. The van der Waals surface area contributed by atoms with Crippen LogP contribution in [-0.2, 0) is 15.8 Å². The maximum absolute atomic E-state index is 13.8. The Kier molecular flexibility index (Phi) is 8.28. The average Bonchev–Trinajstić information content (AvgIpc) is 3.59. The van der Waals surface area contributed by atoms with Gasteiger partial charge in [0.25, 0.3) is 14.2 Å². The molecule has 3 N–H and O–H groups in total. The summed E-state index contributed by atoms with van der Waals surface area (Å²) in [6.07, 6.45) is 0. The molecule has 44 heavy (non-hydrogen) atoms. The van der Waals surface area contributed by atoms with E-state index >= 15 is 0 Å². The van der Waals surface area contributed by atoms with E-state index in [0.29, 0.717) is 27.3 Å². The third kappa shape index (κ3) is 6.19. The van der Waals surface area contributed by atoms with E-state index in [0.717, 1.165) is 21.7 Å². The quantitative estimate of drug-likeness (QED) is 0.193. The number of fused-ring (bicyclic) bond motifs is 1. The van der Waals surface area contributed by atoms with Gasteiger partial charge in [-0.2, -0.15) is 0 Å². The van der Waals surface area contributed by atoms with Crippen LogP contribution in [0.2, 0.25) is 5.04 Å². The molecule has 2 aromatic heterocycles. The number of nitrogens with two attached hydrogens (primary N) is 1. The van der Waals surface area contributed by atoms with Crippen LogP contribution in [-0.4, -0.2) is 37.8 Å². The molecular formula is C34H37N3O5SSi. The van der Waals surface area contributed by atoms with Crippen LogP contribution >= 0.6 is 11.3 Å². The van der Waals surface area contributed by atoms with Gasteiger partial charge in [0.05, 0.1) is 31.0 Å². The molecule has 5 aromatic rings. The van der Waals surface area contributed by atoms with E-state index in [1.165, 1.54) is 0 Å². The Hall–Kier alpha value is -4.25. The van der Waals surface area contributed by atoms with E-state index in [1.54, 1.807) is 37.6 Å². The number of aromatic nitrogens is 1. The molecule has 228 valence electrons. The largest absolute Gasteiger partial charge is 0.488 e. The predicted octanol–water partition coefficient (Wildman–Crippen LogP) is 5.25. The van der Waals surface area contributed by atoms with Crippen molar-refractivity contribution < 1.29 is 25.9 Å². The standard InChI is InChI=1S/C34H37N3O5SSi/c1-22-30(43-21-36-22)20-40-24-16-17-29-27(18-24)31(23(2)42-29)33(39)37-28(32(35)38)19-41-44(34(3,4)5,25-12-8-6-9-13-25)26-14-10-7-11-15-26/h6-18,21,28H,19-20H2,1-5H3,(H2,35,38)(H,37,39)/t28-/m0/s1/i20D2. The number of primary amides is 1. The number of rotatable bonds is 11. The third-order valence-electron chi connectivity index (χ3n) is 7.60. The number of furan rings is 1. The molecule has 8 nitrogen and oxygen atoms in total. The number of nitrogens with one attached hydrogen (secondary N) is 1. The van der Waals surface area contributed by atoms with Crippen LogP contribution in [0.5, 0.6) is 5.75 Å². The Balaban J connectivity index is 1.45. The summed E-state index contributed by atoms with van der Waals surface area (Å²) >= 11 is 1.16. The normalized spacial score (nSPS) is 13.7. The molecule has 0 unspecified atom stereocenters. The summed E-state index contributed by atoms with van der Waals surface area (Å²) in [4.78, 5) is 31.1. The number of ether oxygens (including phenoxy) is 1. The number of amides is 2. The molecule has 0 aliphatic carbocycles. The number of thiazole rings is 1. The van der Waals surface area contributed by atoms with Gasteiger partial charge in [-0.3, -0.25) is 9.59 Å². The summed E-state index contributed by atoms with van der Waals surface area (Å²) < 4.78 is 35.4. The van der Waals surface area contributed by atoms with Gasteiger partial charge in [-0.1, -0.05) is 81.4 Å². The second-order valence-electron chi connectivity index (χ2n) is 11.6. The predicted molar refractivity (Wildman–Crippen MR) is 176 cm³/mol. The number of nitrogens with zero attached hydrogens (tertiary/aromatic N) is 1. The Labute approximate surface area is 265 Å². The SMILES string of the molecule is [2H]C([2H])(Oc1ccc2oc(C)c(C(=O)N[C@@H](CO[Si](c3ccccc3)(c3ccccc3)C(C)(C)C)C(N)=O)c2c1)c1scnc1C. The maximum Gasteiger partial charge on any atom is 0.261 e. The van der Waals surface area contributed by atoms with Crippen molar-refractivity contribution in [2.45, 2.75) is 52.3 Å². The minimum absolute atomic E-state index is 0.147. The minimum Gasteiger partial charge on any atom is -0.488 e. The van der Waals surface area contributed by atoms with Crippen molar-refractivity contribution in [2.24, 2.45) is 5.73 Å². The van der Waals surface area contributed by atoms with Gasteiger partial charge in [-0.25, -0.2) is 4.98 Å². The molecule has 0 saturated heterocycles. The van der Waals surface area contributed by atoms with Crippen molar-refractivity contribution in [3.05, 3.63) is 106 Å². The molecule has 10 heteroatoms. The van der Waals surface area contributed by atoms with E-state index in [4.69, 9.17) is 22.1 Å². The molecule has 2 heterocycles. The van der Waals surface area contributed by atoms with Crippen molar-refractivity contribution in [1.29, 1.82) is 0 Å². The molecule has 0 aliphatic rings. The van der Waals surface area contributed by atoms with E-state index in [2.05, 4.69) is 31.1 Å². The van der Waals surface area contributed by atoms with Crippen molar-refractivity contribution in [1.82, 2.24) is 10.3 Å². The first kappa shape index (κ1) is 28.5. The second kappa shape index (κ2) is 12.8. The van der Waals surface area contributed by atoms with Crippen LogP contribution in [0.25, 0.3) is 11.0 Å². The molecular weight excluding hydrogens is 591 g/mol. The van der Waals surface area contributed by atoms with Crippen LogP contribution in [0.15, 0.2) is 88.8 Å². The highest BCUT2D eigenvalue weighted by Crippen LogP contribution is 2.37. The number of hydrogen-bond acceptors (Lipinski definition) is 7. The molecule has 0 spiro atoms. The first-order valence-electron chi connectivity index (χ1n) is 15.2. The zero-order valence-electron chi connectivity index (χ0n) is 27.3. The zero-order chi connectivity index (χ0) is 33.3. The van der Waals surface area contributed by atoms with E-state index in [1.807, 2.05) is 60.7 Å². The maximum atomic E-state index is 13.8. The molecule has 0 radical (unpaired) electrons. The van der Waals surface area contributed by atoms with Gasteiger partial charge in [0.15, 0.2) is 0 Å². The van der Waals surface area contributed by atoms with Gasteiger partial charge in [-0.05, 0) is 47.5 Å². The first-order valence-corrected chi connectivity index (χ1v) is 17.0. The lowest BCUT2D eigenvalue weighted by molar-refractivity contribution is -0.120. The molecule has 2 amide bonds. The first-order chi connectivity index (χ1) is 21.7. The summed E-state index contributed by atoms with van der Waals surface area (Å²) in [5.74, 6) is -0.804. The number of aryl methyl sites for hydroxylation is 2. The second-order valence-corrected chi connectivity index (χ2v) is 16.7. The van der Waals surface area contributed by atoms with Crippen molar-refractivity contribution in [2.75, 3.05) is 6.61 Å². The topological polar surface area (TPSA) is 117 Å². The number of carbonyl (C=O) groups excluding carboxylic acids is 2. The average molecular weight is 630 g/mol. The number of benzene rings is 3. The lowest BCUT2D eigenvalue weighted by Crippen LogP contribution is -2.67. The number of carbonyl (C=O) groups is 2. The molecule has 1 atom stereocenters. The third-order valence-corrected chi connectivity index (χ3v) is 13.4. The lowest BCUT2D eigenvalue weighted by Gasteiger charge is -2.43. The summed E-state index contributed by atoms with van der Waals surface area (Å²) in [6.45, 7) is 7.43.